The molecule has 3 N–H and O–H groups in total. The second-order valence-electron chi connectivity index (χ2n) is 5.75. The van der Waals surface area contributed by atoms with Crippen LogP contribution in [0, 0.1) is 0 Å². The lowest BCUT2D eigenvalue weighted by Gasteiger charge is -2.13. The Morgan fingerprint density at radius 2 is 2.08 bits per heavy atom. The smallest absolute Gasteiger partial charge is 0.491 e. The first-order valence-corrected chi connectivity index (χ1v) is 9.15. The van der Waals surface area contributed by atoms with Crippen LogP contribution in [0.2, 0.25) is 0 Å². The Hall–Kier alpha value is -2.56. The second kappa shape index (κ2) is 6.98. The van der Waals surface area contributed by atoms with Crippen molar-refractivity contribution in [3.8, 4) is 5.75 Å². The van der Waals surface area contributed by atoms with Gasteiger partial charge >= 0.3 is 13.1 Å². The van der Waals surface area contributed by atoms with Crippen LogP contribution in [0.4, 0.5) is 5.69 Å². The molecule has 2 aromatic carbocycles. The molecule has 0 bridgehead atoms. The fourth-order valence-electron chi connectivity index (χ4n) is 2.61. The van der Waals surface area contributed by atoms with Crippen molar-refractivity contribution in [1.29, 1.82) is 0 Å². The summed E-state index contributed by atoms with van der Waals surface area (Å²) < 4.78 is 37.8. The number of ether oxygens (including phenoxy) is 1. The number of phenols is 1. The monoisotopic (exact) mass is 377 g/mol. The van der Waals surface area contributed by atoms with Gasteiger partial charge in [0.15, 0.2) is 0 Å². The molecule has 0 radical (unpaired) electrons. The Morgan fingerprint density at radius 1 is 1.31 bits per heavy atom. The van der Waals surface area contributed by atoms with Gasteiger partial charge in [-0.15, -0.1) is 0 Å². The average molecular weight is 377 g/mol. The number of sulfonamides is 1. The molecule has 8 nitrogen and oxygen atoms in total. The second-order valence-corrected chi connectivity index (χ2v) is 7.41. The quantitative estimate of drug-likeness (QED) is 0.512. The molecule has 0 unspecified atom stereocenters. The maximum atomic E-state index is 12.7. The fourth-order valence-corrected chi connectivity index (χ4v) is 3.87. The summed E-state index contributed by atoms with van der Waals surface area (Å²) in [5.41, 5.74) is 1.66. The van der Waals surface area contributed by atoms with E-state index in [1.165, 1.54) is 31.2 Å². The van der Waals surface area contributed by atoms with Gasteiger partial charge in [-0.05, 0) is 41.4 Å². The lowest BCUT2D eigenvalue weighted by Crippen LogP contribution is -2.28. The van der Waals surface area contributed by atoms with E-state index < -0.39 is 23.1 Å². The minimum atomic E-state index is -4.02. The third-order valence-corrected chi connectivity index (χ3v) is 5.31. The van der Waals surface area contributed by atoms with E-state index in [0.29, 0.717) is 5.46 Å². The summed E-state index contributed by atoms with van der Waals surface area (Å²) in [6.07, 6.45) is 0. The van der Waals surface area contributed by atoms with Crippen LogP contribution in [0.5, 0.6) is 5.75 Å². The first-order chi connectivity index (χ1) is 12.3. The van der Waals surface area contributed by atoms with Crippen LogP contribution in [-0.4, -0.2) is 31.6 Å². The van der Waals surface area contributed by atoms with Crippen molar-refractivity contribution >= 4 is 34.3 Å². The highest BCUT2D eigenvalue weighted by Crippen LogP contribution is 2.25. The number of carbonyl (C=O) groups excluding carboxylic acids is 1. The third kappa shape index (κ3) is 3.82. The topological polar surface area (TPSA) is 122 Å². The normalized spacial score (nSPS) is 13.4. The number of hydrogen-bond acceptors (Lipinski definition) is 7. The molecule has 0 amide bonds. The van der Waals surface area contributed by atoms with Crippen LogP contribution in [0.15, 0.2) is 41.3 Å². The Morgan fingerprint density at radius 3 is 2.81 bits per heavy atom. The summed E-state index contributed by atoms with van der Waals surface area (Å²) >= 11 is 0. The standard InChI is InChI=1S/C16H16BNO7S/c1-10(19)24-8-12-6-14(20)4-5-16(12)26(22,23)18-13-3-2-11-9-25-17(21)15(11)7-13/h2-7,18,20-21H,8-9H2,1H3. The zero-order valence-corrected chi connectivity index (χ0v) is 14.6. The number of nitrogens with one attached hydrogen (secondary N) is 1. The zero-order valence-electron chi connectivity index (χ0n) is 13.8. The van der Waals surface area contributed by atoms with Gasteiger partial charge in [0.2, 0.25) is 0 Å². The largest absolute Gasteiger partial charge is 0.508 e. The van der Waals surface area contributed by atoms with Crippen molar-refractivity contribution in [2.75, 3.05) is 4.72 Å². The Balaban J connectivity index is 1.91. The first-order valence-electron chi connectivity index (χ1n) is 7.67. The molecule has 136 valence electrons. The van der Waals surface area contributed by atoms with Gasteiger partial charge in [-0.2, -0.15) is 0 Å². The minimum Gasteiger partial charge on any atom is -0.508 e. The molecular weight excluding hydrogens is 361 g/mol. The summed E-state index contributed by atoms with van der Waals surface area (Å²) in [6, 6.07) is 8.40. The van der Waals surface area contributed by atoms with Crippen LogP contribution >= 0.6 is 0 Å². The maximum absolute atomic E-state index is 12.7. The minimum absolute atomic E-state index is 0.131. The number of anilines is 1. The predicted molar refractivity (Wildman–Crippen MR) is 93.2 cm³/mol. The fraction of sp³-hybridized carbons (Fsp3) is 0.188. The van der Waals surface area contributed by atoms with E-state index in [9.17, 15) is 23.3 Å². The lowest BCUT2D eigenvalue weighted by molar-refractivity contribution is -0.142. The van der Waals surface area contributed by atoms with Crippen molar-refractivity contribution in [2.24, 2.45) is 0 Å². The van der Waals surface area contributed by atoms with E-state index in [-0.39, 0.29) is 35.1 Å². The van der Waals surface area contributed by atoms with Crippen molar-refractivity contribution in [2.45, 2.75) is 25.0 Å². The molecule has 0 fully saturated rings. The van der Waals surface area contributed by atoms with E-state index in [1.54, 1.807) is 12.1 Å². The van der Waals surface area contributed by atoms with Crippen molar-refractivity contribution in [3.05, 3.63) is 47.5 Å². The molecule has 0 aromatic heterocycles. The summed E-state index contributed by atoms with van der Waals surface area (Å²) in [6.45, 7) is 1.16. The van der Waals surface area contributed by atoms with E-state index >= 15 is 0 Å². The molecular formula is C16H16BNO7S. The molecule has 3 rings (SSSR count). The van der Waals surface area contributed by atoms with Crippen LogP contribution in [-0.2, 0) is 37.4 Å². The summed E-state index contributed by atoms with van der Waals surface area (Å²) in [5, 5.41) is 19.3. The number of benzene rings is 2. The maximum Gasteiger partial charge on any atom is 0.491 e. The van der Waals surface area contributed by atoms with Gasteiger partial charge in [-0.25, -0.2) is 8.42 Å². The number of hydrogen-bond donors (Lipinski definition) is 3. The highest BCUT2D eigenvalue weighted by molar-refractivity contribution is 7.92. The molecule has 2 aromatic rings. The highest BCUT2D eigenvalue weighted by atomic mass is 32.2. The van der Waals surface area contributed by atoms with E-state index in [4.69, 9.17) is 9.39 Å². The van der Waals surface area contributed by atoms with Crippen molar-refractivity contribution < 1.29 is 32.7 Å². The van der Waals surface area contributed by atoms with Gasteiger partial charge in [0.1, 0.15) is 12.4 Å². The van der Waals surface area contributed by atoms with E-state index in [2.05, 4.69) is 4.72 Å². The summed E-state index contributed by atoms with van der Waals surface area (Å²) in [5.74, 6) is -0.721. The molecule has 10 heteroatoms. The van der Waals surface area contributed by atoms with Gasteiger partial charge in [-0.3, -0.25) is 9.52 Å². The van der Waals surface area contributed by atoms with Crippen LogP contribution in [0.1, 0.15) is 18.1 Å². The Bertz CT molecular complexity index is 961. The van der Waals surface area contributed by atoms with Crippen LogP contribution in [0.3, 0.4) is 0 Å². The van der Waals surface area contributed by atoms with E-state index in [1.807, 2.05) is 0 Å². The molecule has 0 atom stereocenters. The first kappa shape index (κ1) is 18.2. The van der Waals surface area contributed by atoms with Gasteiger partial charge < -0.3 is 19.5 Å². The lowest BCUT2D eigenvalue weighted by atomic mass is 9.79. The highest BCUT2D eigenvalue weighted by Gasteiger charge is 2.28. The zero-order chi connectivity index (χ0) is 18.9. The molecule has 26 heavy (non-hydrogen) atoms. The number of aromatic hydroxyl groups is 1. The van der Waals surface area contributed by atoms with Crippen molar-refractivity contribution in [1.82, 2.24) is 0 Å². The average Bonchev–Trinajstić information content (AvgIpc) is 2.93. The summed E-state index contributed by atoms with van der Waals surface area (Å²) in [4.78, 5) is 10.9. The Kier molecular flexibility index (Phi) is 4.90. The molecule has 1 heterocycles. The van der Waals surface area contributed by atoms with Crippen LogP contribution < -0.4 is 10.2 Å². The molecule has 1 aliphatic rings. The van der Waals surface area contributed by atoms with Crippen molar-refractivity contribution in [3.63, 3.8) is 0 Å². The number of phenolic OH excluding ortho intramolecular Hbond substituents is 1. The molecule has 0 aliphatic carbocycles. The van der Waals surface area contributed by atoms with E-state index in [0.717, 1.165) is 5.56 Å². The number of carbonyl (C=O) groups is 1. The molecule has 1 aliphatic heterocycles. The molecule has 0 saturated heterocycles. The predicted octanol–water partition coefficient (Wildman–Crippen LogP) is 0.474. The summed E-state index contributed by atoms with van der Waals surface area (Å²) in [7, 11) is -5.11. The van der Waals surface area contributed by atoms with Crippen LogP contribution in [0.25, 0.3) is 0 Å². The third-order valence-electron chi connectivity index (χ3n) is 3.83. The van der Waals surface area contributed by atoms with Gasteiger partial charge in [0, 0.05) is 18.2 Å². The number of rotatable bonds is 5. The van der Waals surface area contributed by atoms with Gasteiger partial charge in [0.05, 0.1) is 11.5 Å². The van der Waals surface area contributed by atoms with Gasteiger partial charge in [-0.1, -0.05) is 6.07 Å². The number of esters is 1. The molecule has 0 spiro atoms. The van der Waals surface area contributed by atoms with Gasteiger partial charge in [0.25, 0.3) is 10.0 Å². The SMILES string of the molecule is CC(=O)OCc1cc(O)ccc1S(=O)(=O)Nc1ccc2c(c1)B(O)OC2. The Labute approximate surface area is 150 Å². The molecule has 0 saturated carbocycles. The number of fused-ring (bicyclic) bond motifs is 1.